The minimum atomic E-state index is 0.791. The molecule has 0 nitrogen and oxygen atoms in total. The Kier molecular flexibility index (Phi) is 12.6. The molecule has 4 heteroatoms. The number of hydrogen-bond donors (Lipinski definition) is 0. The Hall–Kier alpha value is 1.28. The van der Waals surface area contributed by atoms with Gasteiger partial charge in [-0.15, -0.1) is 23.2 Å². The minimum absolute atomic E-state index is 0.791. The molecule has 0 unspecified atom stereocenters. The fourth-order valence-corrected chi connectivity index (χ4v) is 3.19. The van der Waals surface area contributed by atoms with Gasteiger partial charge in [0.15, 0.2) is 0 Å². The minimum Gasteiger partial charge on any atom is -0.151 e. The molecule has 68 valence electrons. The summed E-state index contributed by atoms with van der Waals surface area (Å²) in [6.45, 7) is 0. The lowest BCUT2D eigenvalue weighted by molar-refractivity contribution is 1.11. The molecule has 0 saturated carbocycles. The zero-order valence-corrected chi connectivity index (χ0v) is 9.67. The van der Waals surface area contributed by atoms with Crippen molar-refractivity contribution in [2.75, 3.05) is 28.4 Å². The van der Waals surface area contributed by atoms with E-state index >= 15 is 0 Å². The fourth-order valence-electron chi connectivity index (χ4n) is 0.490. The fraction of sp³-hybridized carbons (Fsp3) is 1.00. The van der Waals surface area contributed by atoms with Gasteiger partial charge in [0.05, 0.1) is 0 Å². The van der Waals surface area contributed by atoms with Crippen molar-refractivity contribution in [2.24, 2.45) is 0 Å². The number of alkyl halides is 2. The Labute approximate surface area is 87.8 Å². The van der Waals surface area contributed by atoms with E-state index in [1.165, 1.54) is 16.6 Å². The van der Waals surface area contributed by atoms with E-state index in [0.29, 0.717) is 0 Å². The molecule has 0 spiro atoms. The van der Waals surface area contributed by atoms with Crippen molar-refractivity contribution in [1.29, 1.82) is 0 Å². The van der Waals surface area contributed by atoms with Gasteiger partial charge >= 0.3 is 0 Å². The van der Waals surface area contributed by atoms with Gasteiger partial charge in [-0.05, 0) is 24.3 Å². The van der Waals surface area contributed by atoms with Gasteiger partial charge in [0.25, 0.3) is 0 Å². The summed E-state index contributed by atoms with van der Waals surface area (Å²) in [6.07, 6.45) is 2.25. The molecular formula is C7H14Cl2S2. The lowest BCUT2D eigenvalue weighted by Gasteiger charge is -1.98. The third kappa shape index (κ3) is 11.3. The molecule has 0 aliphatic rings. The van der Waals surface area contributed by atoms with E-state index in [2.05, 4.69) is 0 Å². The molecule has 0 bridgehead atoms. The summed E-state index contributed by atoms with van der Waals surface area (Å²) in [5.74, 6) is 3.97. The van der Waals surface area contributed by atoms with Crippen LogP contribution in [-0.2, 0) is 0 Å². The zero-order valence-electron chi connectivity index (χ0n) is 6.52. The molecule has 0 atom stereocenters. The smallest absolute Gasteiger partial charge is 0.0392 e. The van der Waals surface area contributed by atoms with Crippen molar-refractivity contribution in [1.82, 2.24) is 0 Å². The standard InChI is InChI=1S/C7H14Cl2S2/c8-3-1-5-10-7-11-6-2-4-9/h1-7H2. The van der Waals surface area contributed by atoms with E-state index in [1.54, 1.807) is 0 Å². The van der Waals surface area contributed by atoms with Crippen LogP contribution < -0.4 is 0 Å². The quantitative estimate of drug-likeness (QED) is 0.356. The van der Waals surface area contributed by atoms with Crippen molar-refractivity contribution in [3.05, 3.63) is 0 Å². The van der Waals surface area contributed by atoms with Crippen molar-refractivity contribution >= 4 is 46.7 Å². The summed E-state index contributed by atoms with van der Waals surface area (Å²) >= 11 is 15.0. The summed E-state index contributed by atoms with van der Waals surface area (Å²) in [5, 5.41) is 1.19. The number of hydrogen-bond acceptors (Lipinski definition) is 2. The van der Waals surface area contributed by atoms with E-state index in [0.717, 1.165) is 24.6 Å². The molecule has 0 aromatic carbocycles. The summed E-state index contributed by atoms with van der Waals surface area (Å²) in [7, 11) is 0. The SMILES string of the molecule is ClCCCSCSCCCCl. The maximum Gasteiger partial charge on any atom is 0.0392 e. The zero-order chi connectivity index (χ0) is 8.36. The Morgan fingerprint density at radius 1 is 0.818 bits per heavy atom. The monoisotopic (exact) mass is 232 g/mol. The van der Waals surface area contributed by atoms with Crippen molar-refractivity contribution in [3.63, 3.8) is 0 Å². The first-order valence-electron chi connectivity index (χ1n) is 3.69. The molecule has 0 aromatic rings. The van der Waals surface area contributed by atoms with Crippen molar-refractivity contribution in [3.8, 4) is 0 Å². The molecule has 0 aliphatic carbocycles. The van der Waals surface area contributed by atoms with Crippen LogP contribution in [-0.4, -0.2) is 28.4 Å². The molecule has 0 amide bonds. The first-order chi connectivity index (χ1) is 5.41. The van der Waals surface area contributed by atoms with Crippen LogP contribution in [0, 0.1) is 0 Å². The van der Waals surface area contributed by atoms with Crippen LogP contribution in [0.3, 0.4) is 0 Å². The maximum absolute atomic E-state index is 5.53. The molecule has 0 rings (SSSR count). The van der Waals surface area contributed by atoms with Crippen LogP contribution in [0.4, 0.5) is 0 Å². The van der Waals surface area contributed by atoms with Crippen LogP contribution in [0.2, 0.25) is 0 Å². The summed E-state index contributed by atoms with van der Waals surface area (Å²) in [5.41, 5.74) is 0. The molecule has 0 radical (unpaired) electrons. The van der Waals surface area contributed by atoms with Gasteiger partial charge in [0.2, 0.25) is 0 Å². The van der Waals surface area contributed by atoms with Crippen LogP contribution >= 0.6 is 46.7 Å². The largest absolute Gasteiger partial charge is 0.151 e. The second kappa shape index (κ2) is 11.3. The predicted molar refractivity (Wildman–Crippen MR) is 60.5 cm³/mol. The van der Waals surface area contributed by atoms with Gasteiger partial charge in [-0.25, -0.2) is 0 Å². The molecule has 0 aliphatic heterocycles. The summed E-state index contributed by atoms with van der Waals surface area (Å²) in [4.78, 5) is 0. The maximum atomic E-state index is 5.53. The van der Waals surface area contributed by atoms with E-state index in [1.807, 2.05) is 23.5 Å². The molecule has 0 aromatic heterocycles. The molecule has 0 saturated heterocycles. The Bertz CT molecular complexity index is 63.5. The highest BCUT2D eigenvalue weighted by molar-refractivity contribution is 8.15. The lowest BCUT2D eigenvalue weighted by atomic mass is 10.6. The van der Waals surface area contributed by atoms with E-state index in [4.69, 9.17) is 23.2 Å². The summed E-state index contributed by atoms with van der Waals surface area (Å²) < 4.78 is 0. The Morgan fingerprint density at radius 2 is 1.27 bits per heavy atom. The first-order valence-corrected chi connectivity index (χ1v) is 7.07. The number of rotatable bonds is 8. The van der Waals surface area contributed by atoms with Crippen molar-refractivity contribution < 1.29 is 0 Å². The van der Waals surface area contributed by atoms with Gasteiger partial charge in [0, 0.05) is 16.8 Å². The van der Waals surface area contributed by atoms with Gasteiger partial charge in [-0.3, -0.25) is 0 Å². The Balaban J connectivity index is 2.69. The lowest BCUT2D eigenvalue weighted by Crippen LogP contribution is -1.84. The van der Waals surface area contributed by atoms with Crippen LogP contribution in [0.15, 0.2) is 0 Å². The second-order valence-corrected chi connectivity index (χ2v) is 5.35. The second-order valence-electron chi connectivity index (χ2n) is 2.02. The third-order valence-corrected chi connectivity index (χ3v) is 4.03. The average molecular weight is 233 g/mol. The molecular weight excluding hydrogens is 219 g/mol. The highest BCUT2D eigenvalue weighted by Gasteiger charge is 1.89. The van der Waals surface area contributed by atoms with Gasteiger partial charge in [-0.1, -0.05) is 0 Å². The third-order valence-electron chi connectivity index (χ3n) is 1.01. The molecule has 11 heavy (non-hydrogen) atoms. The molecule has 0 heterocycles. The van der Waals surface area contributed by atoms with Gasteiger partial charge in [-0.2, -0.15) is 23.5 Å². The normalized spacial score (nSPS) is 10.4. The van der Waals surface area contributed by atoms with Crippen LogP contribution in [0.1, 0.15) is 12.8 Å². The Morgan fingerprint density at radius 3 is 1.64 bits per heavy atom. The topological polar surface area (TPSA) is 0 Å². The number of halogens is 2. The first kappa shape index (κ1) is 12.3. The van der Waals surface area contributed by atoms with Gasteiger partial charge < -0.3 is 0 Å². The van der Waals surface area contributed by atoms with Crippen LogP contribution in [0.5, 0.6) is 0 Å². The molecule has 0 N–H and O–H groups in total. The van der Waals surface area contributed by atoms with E-state index < -0.39 is 0 Å². The van der Waals surface area contributed by atoms with E-state index in [-0.39, 0.29) is 0 Å². The summed E-state index contributed by atoms with van der Waals surface area (Å²) in [6, 6.07) is 0. The highest BCUT2D eigenvalue weighted by Crippen LogP contribution is 2.13. The number of thioether (sulfide) groups is 2. The van der Waals surface area contributed by atoms with E-state index in [9.17, 15) is 0 Å². The van der Waals surface area contributed by atoms with Gasteiger partial charge in [0.1, 0.15) is 0 Å². The predicted octanol–water partition coefficient (Wildman–Crippen LogP) is 3.67. The average Bonchev–Trinajstić information content (AvgIpc) is 2.03. The molecule has 0 fully saturated rings. The highest BCUT2D eigenvalue weighted by atomic mass is 35.5. The van der Waals surface area contributed by atoms with Crippen molar-refractivity contribution in [2.45, 2.75) is 12.8 Å². The van der Waals surface area contributed by atoms with Crippen LogP contribution in [0.25, 0.3) is 0 Å².